The molecule has 0 N–H and O–H groups in total. The number of methoxy groups -OCH3 is 2. The van der Waals surface area contributed by atoms with E-state index < -0.39 is 0 Å². The van der Waals surface area contributed by atoms with E-state index in [4.69, 9.17) is 14.0 Å². The third-order valence-electron chi connectivity index (χ3n) is 4.81. The number of benzene rings is 1. The quantitative estimate of drug-likeness (QED) is 0.671. The average molecular weight is 380 g/mol. The van der Waals surface area contributed by atoms with Gasteiger partial charge in [-0.25, -0.2) is 0 Å². The minimum Gasteiger partial charge on any atom is -0.493 e. The Kier molecular flexibility index (Phi) is 4.92. The minimum atomic E-state index is -0.234. The number of likely N-dealkylation sites (tertiary alicyclic amines) is 1. The number of rotatable bonds is 5. The highest BCUT2D eigenvalue weighted by atomic mass is 16.5. The molecule has 1 unspecified atom stereocenters. The molecule has 0 bridgehead atoms. The van der Waals surface area contributed by atoms with Crippen LogP contribution in [0, 0.1) is 0 Å². The van der Waals surface area contributed by atoms with Crippen molar-refractivity contribution in [2.75, 3.05) is 20.8 Å². The first-order valence-corrected chi connectivity index (χ1v) is 8.98. The highest BCUT2D eigenvalue weighted by Gasteiger charge is 2.34. The lowest BCUT2D eigenvalue weighted by Gasteiger charge is -2.21. The first-order chi connectivity index (χ1) is 13.7. The van der Waals surface area contributed by atoms with E-state index in [1.165, 1.54) is 0 Å². The largest absolute Gasteiger partial charge is 0.493 e. The van der Waals surface area contributed by atoms with Crippen LogP contribution in [0.5, 0.6) is 11.5 Å². The number of aromatic nitrogens is 3. The molecule has 1 aliphatic heterocycles. The first-order valence-electron chi connectivity index (χ1n) is 8.98. The molecule has 1 aliphatic rings. The Morgan fingerprint density at radius 2 is 1.93 bits per heavy atom. The predicted octanol–water partition coefficient (Wildman–Crippen LogP) is 3.13. The summed E-state index contributed by atoms with van der Waals surface area (Å²) in [5, 5.41) is 4.10. The SMILES string of the molecule is COc1ccc(-c2noc(C3CCCN3C(=O)c3ccncc3)n2)cc1OC. The van der Waals surface area contributed by atoms with Gasteiger partial charge < -0.3 is 18.9 Å². The van der Waals surface area contributed by atoms with Gasteiger partial charge in [-0.05, 0) is 43.2 Å². The number of carbonyl (C=O) groups is 1. The van der Waals surface area contributed by atoms with Gasteiger partial charge in [-0.1, -0.05) is 5.16 Å². The highest BCUT2D eigenvalue weighted by Crippen LogP contribution is 2.35. The number of hydrogen-bond donors (Lipinski definition) is 0. The summed E-state index contributed by atoms with van der Waals surface area (Å²) < 4.78 is 16.1. The second-order valence-electron chi connectivity index (χ2n) is 6.42. The lowest BCUT2D eigenvalue weighted by Crippen LogP contribution is -2.30. The molecule has 0 spiro atoms. The maximum absolute atomic E-state index is 12.8. The number of hydrogen-bond acceptors (Lipinski definition) is 7. The number of nitrogens with zero attached hydrogens (tertiary/aromatic N) is 4. The second kappa shape index (κ2) is 7.67. The summed E-state index contributed by atoms with van der Waals surface area (Å²) in [6, 6.07) is 8.61. The van der Waals surface area contributed by atoms with Gasteiger partial charge >= 0.3 is 0 Å². The van der Waals surface area contributed by atoms with Crippen LogP contribution in [-0.2, 0) is 0 Å². The summed E-state index contributed by atoms with van der Waals surface area (Å²) in [5.41, 5.74) is 1.35. The van der Waals surface area contributed by atoms with E-state index in [1.54, 1.807) is 55.8 Å². The normalized spacial score (nSPS) is 16.2. The molecule has 8 heteroatoms. The molecule has 1 fully saturated rings. The van der Waals surface area contributed by atoms with Gasteiger partial charge in [0.1, 0.15) is 6.04 Å². The number of pyridine rings is 1. The third kappa shape index (κ3) is 3.28. The van der Waals surface area contributed by atoms with Gasteiger partial charge in [-0.15, -0.1) is 0 Å². The molecule has 4 rings (SSSR count). The molecule has 1 aromatic carbocycles. The molecule has 1 amide bonds. The van der Waals surface area contributed by atoms with Gasteiger partial charge in [0.05, 0.1) is 14.2 Å². The number of carbonyl (C=O) groups excluding carboxylic acids is 1. The summed E-state index contributed by atoms with van der Waals surface area (Å²) >= 11 is 0. The van der Waals surface area contributed by atoms with Crippen LogP contribution < -0.4 is 9.47 Å². The summed E-state index contributed by atoms with van der Waals surface area (Å²) in [5.74, 6) is 2.03. The second-order valence-corrected chi connectivity index (χ2v) is 6.42. The minimum absolute atomic E-state index is 0.0595. The van der Waals surface area contributed by atoms with E-state index in [0.717, 1.165) is 18.4 Å². The fourth-order valence-corrected chi connectivity index (χ4v) is 3.39. The van der Waals surface area contributed by atoms with Crippen LogP contribution in [0.1, 0.15) is 35.1 Å². The van der Waals surface area contributed by atoms with E-state index in [1.807, 2.05) is 6.07 Å². The van der Waals surface area contributed by atoms with Crippen molar-refractivity contribution in [1.29, 1.82) is 0 Å². The predicted molar refractivity (Wildman–Crippen MR) is 100 cm³/mol. The molecule has 0 radical (unpaired) electrons. The summed E-state index contributed by atoms with van der Waals surface area (Å²) in [7, 11) is 3.16. The molecule has 1 atom stereocenters. The Hall–Kier alpha value is -3.42. The Balaban J connectivity index is 1.59. The zero-order valence-electron chi connectivity index (χ0n) is 15.7. The molecular formula is C20H20N4O4. The first kappa shape index (κ1) is 18.0. The Morgan fingerprint density at radius 3 is 2.68 bits per heavy atom. The fourth-order valence-electron chi connectivity index (χ4n) is 3.39. The molecule has 3 aromatic rings. The van der Waals surface area contributed by atoms with E-state index in [2.05, 4.69) is 15.1 Å². The standard InChI is InChI=1S/C20H20N4O4/c1-26-16-6-5-14(12-17(16)27-2)18-22-19(28-23-18)15-4-3-11-24(15)20(25)13-7-9-21-10-8-13/h5-10,12,15H,3-4,11H2,1-2H3. The van der Waals surface area contributed by atoms with Gasteiger partial charge in [-0.2, -0.15) is 4.98 Å². The van der Waals surface area contributed by atoms with Crippen molar-refractivity contribution < 1.29 is 18.8 Å². The molecule has 8 nitrogen and oxygen atoms in total. The highest BCUT2D eigenvalue weighted by molar-refractivity contribution is 5.94. The smallest absolute Gasteiger partial charge is 0.254 e. The van der Waals surface area contributed by atoms with E-state index >= 15 is 0 Å². The van der Waals surface area contributed by atoms with Crippen molar-refractivity contribution in [2.24, 2.45) is 0 Å². The summed E-state index contributed by atoms with van der Waals surface area (Å²) in [6.45, 7) is 0.653. The summed E-state index contributed by atoms with van der Waals surface area (Å²) in [4.78, 5) is 23.1. The van der Waals surface area contributed by atoms with Crippen molar-refractivity contribution >= 4 is 5.91 Å². The zero-order chi connectivity index (χ0) is 19.5. The van der Waals surface area contributed by atoms with E-state index in [9.17, 15) is 4.79 Å². The van der Waals surface area contributed by atoms with Gasteiger partial charge in [-0.3, -0.25) is 9.78 Å². The molecule has 0 saturated carbocycles. The molecule has 1 saturated heterocycles. The number of ether oxygens (including phenoxy) is 2. The van der Waals surface area contributed by atoms with Crippen molar-refractivity contribution in [3.63, 3.8) is 0 Å². The molecule has 28 heavy (non-hydrogen) atoms. The van der Waals surface area contributed by atoms with Gasteiger partial charge in [0.15, 0.2) is 11.5 Å². The lowest BCUT2D eigenvalue weighted by atomic mass is 10.1. The van der Waals surface area contributed by atoms with Gasteiger partial charge in [0.25, 0.3) is 5.91 Å². The van der Waals surface area contributed by atoms with Gasteiger partial charge in [0, 0.05) is 30.1 Å². The van der Waals surface area contributed by atoms with Crippen molar-refractivity contribution in [2.45, 2.75) is 18.9 Å². The molecule has 144 valence electrons. The third-order valence-corrected chi connectivity index (χ3v) is 4.81. The maximum Gasteiger partial charge on any atom is 0.254 e. The van der Waals surface area contributed by atoms with Crippen LogP contribution in [0.15, 0.2) is 47.2 Å². The van der Waals surface area contributed by atoms with Crippen molar-refractivity contribution in [3.8, 4) is 22.9 Å². The van der Waals surface area contributed by atoms with Crippen LogP contribution in [0.25, 0.3) is 11.4 Å². The van der Waals surface area contributed by atoms with Crippen LogP contribution in [-0.4, -0.2) is 46.7 Å². The average Bonchev–Trinajstić information content (AvgIpc) is 3.42. The monoisotopic (exact) mass is 380 g/mol. The Bertz CT molecular complexity index is 973. The van der Waals surface area contributed by atoms with E-state index in [0.29, 0.717) is 35.3 Å². The maximum atomic E-state index is 12.8. The zero-order valence-corrected chi connectivity index (χ0v) is 15.7. The van der Waals surface area contributed by atoms with Crippen LogP contribution in [0.4, 0.5) is 0 Å². The summed E-state index contributed by atoms with van der Waals surface area (Å²) in [6.07, 6.45) is 4.89. The molecular weight excluding hydrogens is 360 g/mol. The van der Waals surface area contributed by atoms with E-state index in [-0.39, 0.29) is 11.9 Å². The molecule has 2 aromatic heterocycles. The van der Waals surface area contributed by atoms with Crippen LogP contribution in [0.3, 0.4) is 0 Å². The van der Waals surface area contributed by atoms with Crippen molar-refractivity contribution in [1.82, 2.24) is 20.0 Å². The topological polar surface area (TPSA) is 90.6 Å². The van der Waals surface area contributed by atoms with Crippen LogP contribution in [0.2, 0.25) is 0 Å². The van der Waals surface area contributed by atoms with Crippen molar-refractivity contribution in [3.05, 3.63) is 54.2 Å². The van der Waals surface area contributed by atoms with Crippen LogP contribution >= 0.6 is 0 Å². The lowest BCUT2D eigenvalue weighted by molar-refractivity contribution is 0.0710. The fraction of sp³-hybridized carbons (Fsp3) is 0.300. The Morgan fingerprint density at radius 1 is 1.14 bits per heavy atom. The Labute approximate surface area is 162 Å². The number of amides is 1. The molecule has 3 heterocycles. The van der Waals surface area contributed by atoms with Gasteiger partial charge in [0.2, 0.25) is 11.7 Å². The molecule has 0 aliphatic carbocycles.